The Balaban J connectivity index is 1.78. The molecule has 14 nitrogen and oxygen atoms in total. The largest absolute Gasteiger partial charge is 0.394 e. The number of ether oxygens (including phenoxy) is 4. The molecule has 2 fully saturated rings. The summed E-state index contributed by atoms with van der Waals surface area (Å²) in [5, 5.41) is 87.2. The van der Waals surface area contributed by atoms with Gasteiger partial charge in [0.1, 0.15) is 48.8 Å². The summed E-state index contributed by atoms with van der Waals surface area (Å²) in [6.45, 7) is 2.64. The van der Waals surface area contributed by atoms with Gasteiger partial charge in [-0.2, -0.15) is 0 Å². The summed E-state index contributed by atoms with van der Waals surface area (Å²) in [6, 6.07) is -0.959. The fourth-order valence-corrected chi connectivity index (χ4v) is 9.54. The molecule has 2 saturated heterocycles. The summed E-state index contributed by atoms with van der Waals surface area (Å²) >= 11 is 0. The molecule has 0 saturated carbocycles. The number of allylic oxidation sites excluding steroid dienone is 19. The molecule has 9 N–H and O–H groups in total. The lowest BCUT2D eigenvalue weighted by atomic mass is 9.97. The number of carbonyl (C=O) groups excluding carboxylic acids is 1. The van der Waals surface area contributed by atoms with Crippen LogP contribution in [0.3, 0.4) is 0 Å². The molecule has 0 bridgehead atoms. The highest BCUT2D eigenvalue weighted by Crippen LogP contribution is 2.30. The number of carbonyl (C=O) groups is 1. The maximum Gasteiger partial charge on any atom is 0.220 e. The van der Waals surface area contributed by atoms with Gasteiger partial charge in [-0.25, -0.2) is 0 Å². The van der Waals surface area contributed by atoms with Crippen LogP contribution >= 0.6 is 0 Å². The fraction of sp³-hybridized carbons (Fsp3) is 0.691. The molecular weight excluding hydrogens is 1040 g/mol. The first-order chi connectivity index (χ1) is 40.1. The third-order valence-corrected chi connectivity index (χ3v) is 14.6. The number of aliphatic hydroxyl groups excluding tert-OH is 8. The zero-order valence-corrected chi connectivity index (χ0v) is 50.4. The van der Waals surface area contributed by atoms with Crippen molar-refractivity contribution in [3.8, 4) is 0 Å². The van der Waals surface area contributed by atoms with Gasteiger partial charge in [0, 0.05) is 6.42 Å². The SMILES string of the molecule is CC/C=C\C/C=C\C/C=C\C/C=C\C/C=C\C/C=C\C/C=C\CCCCCCCC(=O)NC(COC1OC(CO)C(OC2OC(CO)C(O)C(O)C2O)C(O)C1O)C(O)/C=C/CC/C=C/CC/C=C/CCCCCCCCCCCCC. The highest BCUT2D eigenvalue weighted by atomic mass is 16.7. The molecule has 12 atom stereocenters. The molecule has 0 aliphatic carbocycles. The third-order valence-electron chi connectivity index (χ3n) is 14.6. The van der Waals surface area contributed by atoms with Crippen molar-refractivity contribution < 1.29 is 64.6 Å². The van der Waals surface area contributed by atoms with Crippen molar-refractivity contribution in [2.24, 2.45) is 0 Å². The van der Waals surface area contributed by atoms with E-state index >= 15 is 0 Å². The van der Waals surface area contributed by atoms with Crippen molar-refractivity contribution in [3.63, 3.8) is 0 Å². The Morgan fingerprint density at radius 2 is 0.854 bits per heavy atom. The molecule has 2 heterocycles. The third kappa shape index (κ3) is 36.3. The second kappa shape index (κ2) is 51.8. The Hall–Kier alpha value is -3.61. The summed E-state index contributed by atoms with van der Waals surface area (Å²) in [4.78, 5) is 13.3. The predicted molar refractivity (Wildman–Crippen MR) is 332 cm³/mol. The van der Waals surface area contributed by atoms with Gasteiger partial charge in [-0.3, -0.25) is 4.79 Å². The Morgan fingerprint density at radius 3 is 1.34 bits per heavy atom. The summed E-state index contributed by atoms with van der Waals surface area (Å²) in [7, 11) is 0. The fourth-order valence-electron chi connectivity index (χ4n) is 9.54. The minimum absolute atomic E-state index is 0.239. The first kappa shape index (κ1) is 74.5. The molecule has 2 aliphatic heterocycles. The number of unbranched alkanes of at least 4 members (excludes halogenated alkanes) is 18. The van der Waals surface area contributed by atoms with Crippen LogP contribution in [-0.4, -0.2) is 140 Å². The van der Waals surface area contributed by atoms with Crippen LogP contribution in [0.2, 0.25) is 0 Å². The minimum Gasteiger partial charge on any atom is -0.394 e. The smallest absolute Gasteiger partial charge is 0.220 e. The lowest BCUT2D eigenvalue weighted by Crippen LogP contribution is -2.65. The molecule has 0 spiro atoms. The number of hydrogen-bond donors (Lipinski definition) is 9. The zero-order chi connectivity index (χ0) is 59.5. The maximum atomic E-state index is 13.3. The second-order valence-corrected chi connectivity index (χ2v) is 21.8. The number of amides is 1. The average molecular weight is 1150 g/mol. The molecule has 0 aromatic carbocycles. The van der Waals surface area contributed by atoms with E-state index in [1.165, 1.54) is 70.6 Å². The van der Waals surface area contributed by atoms with E-state index in [-0.39, 0.29) is 18.9 Å². The van der Waals surface area contributed by atoms with Crippen LogP contribution in [-0.2, 0) is 23.7 Å². The first-order valence-electron chi connectivity index (χ1n) is 31.8. The normalized spacial score (nSPS) is 24.8. The van der Waals surface area contributed by atoms with Crippen LogP contribution in [0.5, 0.6) is 0 Å². The first-order valence-corrected chi connectivity index (χ1v) is 31.8. The summed E-state index contributed by atoms with van der Waals surface area (Å²) in [5.41, 5.74) is 0. The molecule has 468 valence electrons. The van der Waals surface area contributed by atoms with Gasteiger partial charge in [0.2, 0.25) is 5.91 Å². The van der Waals surface area contributed by atoms with E-state index in [1.54, 1.807) is 6.08 Å². The number of rotatable bonds is 49. The maximum absolute atomic E-state index is 13.3. The van der Waals surface area contributed by atoms with Crippen molar-refractivity contribution in [1.29, 1.82) is 0 Å². The van der Waals surface area contributed by atoms with Gasteiger partial charge >= 0.3 is 0 Å². The Labute approximate surface area is 495 Å². The number of aliphatic hydroxyl groups is 8. The quantitative estimate of drug-likeness (QED) is 0.0204. The molecule has 2 aliphatic rings. The lowest BCUT2D eigenvalue weighted by molar-refractivity contribution is -0.359. The lowest BCUT2D eigenvalue weighted by Gasteiger charge is -2.46. The van der Waals surface area contributed by atoms with Crippen LogP contribution < -0.4 is 5.32 Å². The van der Waals surface area contributed by atoms with Gasteiger partial charge in [0.25, 0.3) is 0 Å². The van der Waals surface area contributed by atoms with Crippen LogP contribution in [0.4, 0.5) is 0 Å². The van der Waals surface area contributed by atoms with Crippen LogP contribution in [0, 0.1) is 0 Å². The van der Waals surface area contributed by atoms with Gasteiger partial charge in [-0.1, -0.05) is 219 Å². The molecular formula is C68H113NO13. The minimum atomic E-state index is -1.80. The van der Waals surface area contributed by atoms with Gasteiger partial charge < -0.3 is 65.1 Å². The zero-order valence-electron chi connectivity index (χ0n) is 50.4. The van der Waals surface area contributed by atoms with Crippen molar-refractivity contribution >= 4 is 5.91 Å². The summed E-state index contributed by atoms with van der Waals surface area (Å²) < 4.78 is 22.8. The van der Waals surface area contributed by atoms with E-state index in [0.717, 1.165) is 103 Å². The molecule has 1 amide bonds. The Kier molecular flexibility index (Phi) is 47.0. The highest BCUT2D eigenvalue weighted by Gasteiger charge is 2.51. The van der Waals surface area contributed by atoms with Gasteiger partial charge in [0.05, 0.1) is 32.0 Å². The molecule has 0 radical (unpaired) electrons. The van der Waals surface area contributed by atoms with E-state index in [1.807, 2.05) is 6.08 Å². The standard InChI is InChI=1S/C68H113NO13/c1-3-5-7-9-11-13-15-17-19-21-23-25-26-27-28-29-30-32-34-36-38-40-42-44-46-48-50-52-60(73)69-56(57(72)51-49-47-45-43-41-39-37-35-33-31-24-22-20-18-16-14-12-10-8-6-4-2)55-79-67-65(78)63(76)66(59(54-71)81-67)82-68-64(77)62(75)61(74)58(53-70)80-68/h5,7,11,13,17,19,23,25,27-28,30,32-33,35-36,38,41,43,49,51,56-59,61-68,70-72,74-78H,3-4,6,8-10,12,14-16,18,20-22,24,26,29,31,34,37,39-40,42,44-48,50,52-55H2,1-2H3,(H,69,73)/b7-5-,13-11-,19-17-,25-23-,28-27-,32-30-,35-33+,38-36-,43-41+,51-49+. The molecule has 82 heavy (non-hydrogen) atoms. The summed E-state index contributed by atoms with van der Waals surface area (Å²) in [6.07, 6.45) is 58.0. The average Bonchev–Trinajstić information content (AvgIpc) is 3.67. The highest BCUT2D eigenvalue weighted by molar-refractivity contribution is 5.76. The monoisotopic (exact) mass is 1150 g/mol. The number of hydrogen-bond acceptors (Lipinski definition) is 13. The van der Waals surface area contributed by atoms with E-state index in [9.17, 15) is 45.6 Å². The van der Waals surface area contributed by atoms with Gasteiger partial charge in [-0.15, -0.1) is 0 Å². The molecule has 0 aromatic heterocycles. The van der Waals surface area contributed by atoms with E-state index < -0.39 is 86.8 Å². The molecule has 2 rings (SSSR count). The Bertz CT molecular complexity index is 1840. The van der Waals surface area contributed by atoms with Gasteiger partial charge in [0.15, 0.2) is 12.6 Å². The van der Waals surface area contributed by atoms with Crippen LogP contribution in [0.25, 0.3) is 0 Å². The van der Waals surface area contributed by atoms with Crippen molar-refractivity contribution in [3.05, 3.63) is 122 Å². The molecule has 12 unspecified atom stereocenters. The van der Waals surface area contributed by atoms with Crippen molar-refractivity contribution in [2.45, 2.75) is 280 Å². The topological polar surface area (TPSA) is 228 Å². The molecule has 0 aromatic rings. The Morgan fingerprint density at radius 1 is 0.451 bits per heavy atom. The van der Waals surface area contributed by atoms with Crippen molar-refractivity contribution in [2.75, 3.05) is 19.8 Å². The summed E-state index contributed by atoms with van der Waals surface area (Å²) in [5.74, 6) is -0.277. The van der Waals surface area contributed by atoms with E-state index in [4.69, 9.17) is 18.9 Å². The van der Waals surface area contributed by atoms with Crippen LogP contribution in [0.15, 0.2) is 122 Å². The molecule has 14 heteroatoms. The van der Waals surface area contributed by atoms with Gasteiger partial charge in [-0.05, 0) is 103 Å². The van der Waals surface area contributed by atoms with E-state index in [0.29, 0.717) is 12.8 Å². The number of nitrogens with one attached hydrogen (secondary N) is 1. The van der Waals surface area contributed by atoms with Crippen LogP contribution in [0.1, 0.15) is 206 Å². The predicted octanol–water partition coefficient (Wildman–Crippen LogP) is 11.8. The van der Waals surface area contributed by atoms with Crippen molar-refractivity contribution in [1.82, 2.24) is 5.32 Å². The van der Waals surface area contributed by atoms with E-state index in [2.05, 4.69) is 129 Å². The second-order valence-electron chi connectivity index (χ2n) is 21.8.